The van der Waals surface area contributed by atoms with Gasteiger partial charge >= 0.3 is 0 Å². The Hall–Kier alpha value is -3.27. The van der Waals surface area contributed by atoms with Gasteiger partial charge in [-0.25, -0.2) is 8.42 Å². The van der Waals surface area contributed by atoms with Crippen molar-refractivity contribution in [3.8, 4) is 5.75 Å². The third-order valence-corrected chi connectivity index (χ3v) is 7.73. The first-order chi connectivity index (χ1) is 18.8. The first-order valence-electron chi connectivity index (χ1n) is 12.6. The molecule has 0 aromatic heterocycles. The van der Waals surface area contributed by atoms with E-state index in [9.17, 15) is 18.0 Å². The van der Waals surface area contributed by atoms with Crippen molar-refractivity contribution in [2.24, 2.45) is 0 Å². The zero-order chi connectivity index (χ0) is 29.4. The van der Waals surface area contributed by atoms with Crippen molar-refractivity contribution in [2.45, 2.75) is 46.0 Å². The van der Waals surface area contributed by atoms with Crippen molar-refractivity contribution in [1.82, 2.24) is 10.2 Å². The van der Waals surface area contributed by atoms with E-state index in [0.717, 1.165) is 16.1 Å². The predicted octanol–water partition coefficient (Wildman–Crippen LogP) is 5.28. The van der Waals surface area contributed by atoms with Gasteiger partial charge in [0.15, 0.2) is 0 Å². The molecule has 8 nitrogen and oxygen atoms in total. The van der Waals surface area contributed by atoms with E-state index in [1.54, 1.807) is 49.4 Å². The van der Waals surface area contributed by atoms with Crippen LogP contribution in [-0.2, 0) is 32.8 Å². The van der Waals surface area contributed by atoms with Gasteiger partial charge in [0.25, 0.3) is 0 Å². The quantitative estimate of drug-likeness (QED) is 0.303. The molecule has 0 aliphatic carbocycles. The second-order valence-corrected chi connectivity index (χ2v) is 12.4. The zero-order valence-electron chi connectivity index (χ0n) is 22.8. The van der Waals surface area contributed by atoms with Crippen molar-refractivity contribution in [2.75, 3.05) is 17.1 Å². The molecule has 0 fully saturated rings. The maximum Gasteiger partial charge on any atom is 0.244 e. The van der Waals surface area contributed by atoms with Gasteiger partial charge in [-0.05, 0) is 68.3 Å². The number of carbonyl (C=O) groups excluding carboxylic acids is 2. The van der Waals surface area contributed by atoms with Crippen LogP contribution in [0.2, 0.25) is 10.0 Å². The molecule has 0 unspecified atom stereocenters. The summed E-state index contributed by atoms with van der Waals surface area (Å²) in [6.45, 7) is 5.02. The molecule has 0 saturated carbocycles. The number of halogens is 2. The molecule has 11 heteroatoms. The molecule has 0 radical (unpaired) electrons. The van der Waals surface area contributed by atoms with Crippen molar-refractivity contribution in [3.63, 3.8) is 0 Å². The first kappa shape index (κ1) is 31.3. The molecule has 214 valence electrons. The smallest absolute Gasteiger partial charge is 0.244 e. The van der Waals surface area contributed by atoms with Crippen LogP contribution in [0.15, 0.2) is 72.8 Å². The van der Waals surface area contributed by atoms with Crippen molar-refractivity contribution < 1.29 is 22.7 Å². The van der Waals surface area contributed by atoms with Crippen molar-refractivity contribution in [3.05, 3.63) is 94.0 Å². The molecule has 3 rings (SSSR count). The van der Waals surface area contributed by atoms with Crippen LogP contribution in [0.1, 0.15) is 31.9 Å². The Bertz CT molecular complexity index is 1420. The third-order valence-electron chi connectivity index (χ3n) is 6.01. The van der Waals surface area contributed by atoms with Crippen molar-refractivity contribution in [1.29, 1.82) is 0 Å². The fourth-order valence-electron chi connectivity index (χ4n) is 3.88. The highest BCUT2D eigenvalue weighted by Crippen LogP contribution is 2.25. The van der Waals surface area contributed by atoms with Crippen LogP contribution < -0.4 is 14.4 Å². The van der Waals surface area contributed by atoms with E-state index in [0.29, 0.717) is 28.0 Å². The Morgan fingerprint density at radius 3 is 2.17 bits per heavy atom. The molecule has 3 aromatic rings. The minimum absolute atomic E-state index is 0.0224. The molecule has 0 aliphatic heterocycles. The summed E-state index contributed by atoms with van der Waals surface area (Å²) in [7, 11) is -3.87. The second kappa shape index (κ2) is 13.9. The molecule has 2 amide bonds. The van der Waals surface area contributed by atoms with Gasteiger partial charge in [-0.1, -0.05) is 59.6 Å². The summed E-state index contributed by atoms with van der Waals surface area (Å²) < 4.78 is 32.4. The molecule has 0 bridgehead atoms. The van der Waals surface area contributed by atoms with E-state index in [-0.39, 0.29) is 24.2 Å². The van der Waals surface area contributed by atoms with E-state index < -0.39 is 28.5 Å². The Labute approximate surface area is 245 Å². The molecular weight excluding hydrogens is 573 g/mol. The summed E-state index contributed by atoms with van der Waals surface area (Å²) in [5, 5.41) is 3.55. The number of ether oxygens (including phenoxy) is 1. The van der Waals surface area contributed by atoms with Gasteiger partial charge in [-0.2, -0.15) is 0 Å². The highest BCUT2D eigenvalue weighted by molar-refractivity contribution is 7.92. The highest BCUT2D eigenvalue weighted by Gasteiger charge is 2.30. The number of hydrogen-bond donors (Lipinski definition) is 1. The van der Waals surface area contributed by atoms with Crippen LogP contribution in [0.4, 0.5) is 5.69 Å². The average Bonchev–Trinajstić information content (AvgIpc) is 2.89. The zero-order valence-corrected chi connectivity index (χ0v) is 25.1. The number of benzene rings is 3. The monoisotopic (exact) mass is 605 g/mol. The number of nitrogens with one attached hydrogen (secondary N) is 1. The fraction of sp³-hybridized carbons (Fsp3) is 0.310. The summed E-state index contributed by atoms with van der Waals surface area (Å²) >= 11 is 12.4. The molecule has 0 aliphatic rings. The molecule has 0 heterocycles. The Kier molecular flexibility index (Phi) is 10.8. The number of amides is 2. The number of anilines is 1. The number of rotatable bonds is 12. The van der Waals surface area contributed by atoms with Crippen molar-refractivity contribution >= 4 is 50.7 Å². The lowest BCUT2D eigenvalue weighted by Gasteiger charge is -2.32. The summed E-state index contributed by atoms with van der Waals surface area (Å²) in [6.07, 6.45) is 1.02. The van der Waals surface area contributed by atoms with Gasteiger partial charge in [0.1, 0.15) is 24.9 Å². The molecule has 1 atom stereocenters. The Morgan fingerprint density at radius 2 is 1.60 bits per heavy atom. The molecule has 1 N–H and O–H groups in total. The fourth-order valence-corrected chi connectivity index (χ4v) is 5.20. The normalized spacial score (nSPS) is 12.1. The minimum Gasteiger partial charge on any atom is -0.489 e. The van der Waals surface area contributed by atoms with Gasteiger partial charge in [0, 0.05) is 22.6 Å². The van der Waals surface area contributed by atoms with E-state index in [1.165, 1.54) is 4.90 Å². The van der Waals surface area contributed by atoms with Gasteiger partial charge in [-0.3, -0.25) is 13.9 Å². The van der Waals surface area contributed by atoms with E-state index in [2.05, 4.69) is 5.32 Å². The maximum atomic E-state index is 13.7. The standard InChI is InChI=1S/C29H33Cl2N3O5S/c1-20(2)32-29(36)21(3)33(17-23-10-11-24(30)16-27(23)31)28(35)18-34(40(4,37)38)25-12-14-26(15-13-25)39-19-22-8-6-5-7-9-22/h5-16,20-21H,17-19H2,1-4H3,(H,32,36)/t21-/m1/s1. The minimum atomic E-state index is -3.87. The Morgan fingerprint density at radius 1 is 0.950 bits per heavy atom. The molecule has 0 spiro atoms. The van der Waals surface area contributed by atoms with E-state index >= 15 is 0 Å². The third kappa shape index (κ3) is 8.87. The van der Waals surface area contributed by atoms with Gasteiger partial charge < -0.3 is 15.0 Å². The highest BCUT2D eigenvalue weighted by atomic mass is 35.5. The van der Waals surface area contributed by atoms with Gasteiger partial charge in [0.2, 0.25) is 21.8 Å². The largest absolute Gasteiger partial charge is 0.489 e. The lowest BCUT2D eigenvalue weighted by molar-refractivity contribution is -0.139. The number of sulfonamides is 1. The molecule has 40 heavy (non-hydrogen) atoms. The lowest BCUT2D eigenvalue weighted by Crippen LogP contribution is -2.52. The van der Waals surface area contributed by atoms with Crippen LogP contribution in [0.5, 0.6) is 5.75 Å². The van der Waals surface area contributed by atoms with E-state index in [4.69, 9.17) is 27.9 Å². The summed E-state index contributed by atoms with van der Waals surface area (Å²) in [6, 6.07) is 19.9. The number of nitrogens with zero attached hydrogens (tertiary/aromatic N) is 2. The maximum absolute atomic E-state index is 13.7. The van der Waals surface area contributed by atoms with Gasteiger partial charge in [-0.15, -0.1) is 0 Å². The predicted molar refractivity (Wildman–Crippen MR) is 159 cm³/mol. The van der Waals surface area contributed by atoms with Crippen LogP contribution in [0, 0.1) is 0 Å². The summed E-state index contributed by atoms with van der Waals surface area (Å²) in [5.41, 5.74) is 1.84. The molecule has 0 saturated heterocycles. The molecule has 3 aromatic carbocycles. The van der Waals surface area contributed by atoms with Crippen LogP contribution >= 0.6 is 23.2 Å². The number of carbonyl (C=O) groups is 2. The van der Waals surface area contributed by atoms with Crippen LogP contribution in [0.3, 0.4) is 0 Å². The second-order valence-electron chi connectivity index (χ2n) is 9.63. The average molecular weight is 607 g/mol. The van der Waals surface area contributed by atoms with E-state index in [1.807, 2.05) is 44.2 Å². The summed E-state index contributed by atoms with van der Waals surface area (Å²) in [5.74, 6) is -0.406. The SMILES string of the molecule is CC(C)NC(=O)[C@@H](C)N(Cc1ccc(Cl)cc1Cl)C(=O)CN(c1ccc(OCc2ccccc2)cc1)S(C)(=O)=O. The first-order valence-corrected chi connectivity index (χ1v) is 15.2. The number of hydrogen-bond acceptors (Lipinski definition) is 5. The topological polar surface area (TPSA) is 96.0 Å². The Balaban J connectivity index is 1.84. The molecular formula is C29H33Cl2N3O5S. The lowest BCUT2D eigenvalue weighted by atomic mass is 10.1. The van der Waals surface area contributed by atoms with Gasteiger partial charge in [0.05, 0.1) is 11.9 Å². The van der Waals surface area contributed by atoms with Crippen LogP contribution in [0.25, 0.3) is 0 Å². The van der Waals surface area contributed by atoms with Crippen LogP contribution in [-0.4, -0.2) is 50.0 Å². The summed E-state index contributed by atoms with van der Waals surface area (Å²) in [4.78, 5) is 27.8.